The van der Waals surface area contributed by atoms with Crippen LogP contribution < -0.4 is 0 Å². The van der Waals surface area contributed by atoms with Crippen LogP contribution in [0.2, 0.25) is 0 Å². The number of hydrogen-bond donors (Lipinski definition) is 0. The van der Waals surface area contributed by atoms with Crippen molar-refractivity contribution in [2.45, 2.75) is 13.0 Å². The zero-order valence-electron chi connectivity index (χ0n) is 13.1. The highest BCUT2D eigenvalue weighted by atomic mass is 19.1. The third-order valence-electron chi connectivity index (χ3n) is 4.20. The van der Waals surface area contributed by atoms with Crippen molar-refractivity contribution in [2.75, 3.05) is 32.7 Å². The summed E-state index contributed by atoms with van der Waals surface area (Å²) in [5, 5.41) is 4.20. The van der Waals surface area contributed by atoms with Crippen LogP contribution >= 0.6 is 0 Å². The lowest BCUT2D eigenvalue weighted by molar-refractivity contribution is -0.132. The van der Waals surface area contributed by atoms with E-state index in [4.69, 9.17) is 0 Å². The van der Waals surface area contributed by atoms with E-state index in [-0.39, 0.29) is 11.7 Å². The first-order valence-corrected chi connectivity index (χ1v) is 7.93. The largest absolute Gasteiger partial charge is 0.340 e. The highest BCUT2D eigenvalue weighted by Crippen LogP contribution is 2.08. The molecule has 0 saturated carbocycles. The molecule has 1 aromatic heterocycles. The molecular weight excluding hydrogens is 295 g/mol. The Balaban J connectivity index is 1.42. The van der Waals surface area contributed by atoms with Gasteiger partial charge in [-0.2, -0.15) is 5.10 Å². The van der Waals surface area contributed by atoms with Crippen molar-refractivity contribution in [2.24, 2.45) is 0 Å². The minimum absolute atomic E-state index is 0.114. The van der Waals surface area contributed by atoms with E-state index in [1.165, 1.54) is 12.1 Å². The van der Waals surface area contributed by atoms with Gasteiger partial charge in [0.2, 0.25) is 5.91 Å². The maximum Gasteiger partial charge on any atom is 0.227 e. The number of carbonyl (C=O) groups is 1. The first-order valence-electron chi connectivity index (χ1n) is 7.93. The molecular formula is C17H21FN4O. The van der Waals surface area contributed by atoms with Crippen LogP contribution in [0.25, 0.3) is 0 Å². The lowest BCUT2D eigenvalue weighted by Crippen LogP contribution is -2.49. The molecule has 2 heterocycles. The summed E-state index contributed by atoms with van der Waals surface area (Å²) in [4.78, 5) is 16.6. The van der Waals surface area contributed by atoms with Crippen molar-refractivity contribution in [3.8, 4) is 0 Å². The lowest BCUT2D eigenvalue weighted by atomic mass is 10.1. The zero-order chi connectivity index (χ0) is 16.1. The van der Waals surface area contributed by atoms with E-state index in [9.17, 15) is 9.18 Å². The van der Waals surface area contributed by atoms with Gasteiger partial charge in [-0.25, -0.2) is 4.39 Å². The number of halogens is 1. The second-order valence-electron chi connectivity index (χ2n) is 5.79. The Morgan fingerprint density at radius 2 is 1.83 bits per heavy atom. The third-order valence-corrected chi connectivity index (χ3v) is 4.20. The topological polar surface area (TPSA) is 41.4 Å². The summed E-state index contributed by atoms with van der Waals surface area (Å²) in [5.74, 6) is -0.157. The molecule has 1 saturated heterocycles. The molecule has 3 rings (SSSR count). The monoisotopic (exact) mass is 316 g/mol. The number of benzene rings is 1. The molecule has 23 heavy (non-hydrogen) atoms. The van der Waals surface area contributed by atoms with Gasteiger partial charge in [-0.15, -0.1) is 0 Å². The van der Waals surface area contributed by atoms with Gasteiger partial charge < -0.3 is 4.90 Å². The van der Waals surface area contributed by atoms with Crippen LogP contribution in [-0.2, 0) is 17.8 Å². The summed E-state index contributed by atoms with van der Waals surface area (Å²) in [6, 6.07) is 8.07. The average Bonchev–Trinajstić information content (AvgIpc) is 3.09. The number of hydrogen-bond acceptors (Lipinski definition) is 3. The summed E-state index contributed by atoms with van der Waals surface area (Å²) in [6.07, 6.45) is 4.09. The van der Waals surface area contributed by atoms with Gasteiger partial charge in [-0.1, -0.05) is 12.1 Å². The Labute approximate surface area is 135 Å². The summed E-state index contributed by atoms with van der Waals surface area (Å²) in [7, 11) is 0. The zero-order valence-corrected chi connectivity index (χ0v) is 13.1. The van der Waals surface area contributed by atoms with Gasteiger partial charge >= 0.3 is 0 Å². The SMILES string of the molecule is O=C(Cc1ccc(F)cc1)N1CCN(CCn2cccn2)CC1. The first-order chi connectivity index (χ1) is 11.2. The second kappa shape index (κ2) is 7.37. The van der Waals surface area contributed by atoms with E-state index in [1.807, 2.05) is 21.8 Å². The Morgan fingerprint density at radius 3 is 2.48 bits per heavy atom. The number of carbonyl (C=O) groups excluding carboxylic acids is 1. The van der Waals surface area contributed by atoms with Crippen molar-refractivity contribution in [1.29, 1.82) is 0 Å². The maximum absolute atomic E-state index is 12.9. The Bertz CT molecular complexity index is 619. The molecule has 1 aliphatic rings. The number of rotatable bonds is 5. The number of aromatic nitrogens is 2. The third kappa shape index (κ3) is 4.39. The Kier molecular flexibility index (Phi) is 5.02. The summed E-state index contributed by atoms with van der Waals surface area (Å²) in [6.45, 7) is 5.09. The van der Waals surface area contributed by atoms with Crippen LogP contribution in [0.1, 0.15) is 5.56 Å². The Morgan fingerprint density at radius 1 is 1.09 bits per heavy atom. The van der Waals surface area contributed by atoms with Crippen molar-refractivity contribution in [3.05, 3.63) is 54.1 Å². The van der Waals surface area contributed by atoms with E-state index in [0.29, 0.717) is 6.42 Å². The molecule has 1 fully saturated rings. The predicted octanol–water partition coefficient (Wildman–Crippen LogP) is 1.41. The maximum atomic E-state index is 12.9. The van der Waals surface area contributed by atoms with Crippen LogP contribution in [0.3, 0.4) is 0 Å². The van der Waals surface area contributed by atoms with E-state index in [2.05, 4.69) is 10.00 Å². The van der Waals surface area contributed by atoms with Crippen LogP contribution in [-0.4, -0.2) is 58.2 Å². The summed E-state index contributed by atoms with van der Waals surface area (Å²) >= 11 is 0. The number of piperazine rings is 1. The molecule has 0 unspecified atom stereocenters. The molecule has 5 nitrogen and oxygen atoms in total. The molecule has 1 aromatic carbocycles. The quantitative estimate of drug-likeness (QED) is 0.837. The standard InChI is InChI=1S/C17H21FN4O/c18-16-4-2-15(3-5-16)14-17(23)21-11-8-20(9-12-21)10-13-22-7-1-6-19-22/h1-7H,8-14H2. The molecule has 1 aliphatic heterocycles. The number of nitrogens with zero attached hydrogens (tertiary/aromatic N) is 4. The first kappa shape index (κ1) is 15.7. The molecule has 0 N–H and O–H groups in total. The predicted molar refractivity (Wildman–Crippen MR) is 85.4 cm³/mol. The highest BCUT2D eigenvalue weighted by Gasteiger charge is 2.20. The van der Waals surface area contributed by atoms with Crippen LogP contribution in [0.5, 0.6) is 0 Å². The van der Waals surface area contributed by atoms with E-state index >= 15 is 0 Å². The lowest BCUT2D eigenvalue weighted by Gasteiger charge is -2.34. The van der Waals surface area contributed by atoms with E-state index in [0.717, 1.165) is 44.8 Å². The summed E-state index contributed by atoms with van der Waals surface area (Å²) in [5.41, 5.74) is 0.859. The molecule has 1 amide bonds. The van der Waals surface area contributed by atoms with Gasteiger partial charge in [0.1, 0.15) is 5.82 Å². The highest BCUT2D eigenvalue weighted by molar-refractivity contribution is 5.78. The molecule has 0 bridgehead atoms. The normalized spacial score (nSPS) is 15.8. The van der Waals surface area contributed by atoms with Crippen molar-refractivity contribution >= 4 is 5.91 Å². The minimum atomic E-state index is -0.271. The molecule has 122 valence electrons. The minimum Gasteiger partial charge on any atom is -0.340 e. The molecule has 0 spiro atoms. The fourth-order valence-corrected chi connectivity index (χ4v) is 2.79. The van der Waals surface area contributed by atoms with Gasteiger partial charge in [0.05, 0.1) is 13.0 Å². The molecule has 2 aromatic rings. The van der Waals surface area contributed by atoms with E-state index in [1.54, 1.807) is 18.3 Å². The molecule has 0 radical (unpaired) electrons. The van der Waals surface area contributed by atoms with Crippen LogP contribution in [0.4, 0.5) is 4.39 Å². The fourth-order valence-electron chi connectivity index (χ4n) is 2.79. The second-order valence-corrected chi connectivity index (χ2v) is 5.79. The Hall–Kier alpha value is -2.21. The molecule has 0 aliphatic carbocycles. The molecule has 0 atom stereocenters. The van der Waals surface area contributed by atoms with Crippen LogP contribution in [0, 0.1) is 5.82 Å². The fraction of sp³-hybridized carbons (Fsp3) is 0.412. The molecule has 6 heteroatoms. The van der Waals surface area contributed by atoms with Gasteiger partial charge in [-0.3, -0.25) is 14.4 Å². The van der Waals surface area contributed by atoms with Crippen molar-refractivity contribution in [1.82, 2.24) is 19.6 Å². The van der Waals surface area contributed by atoms with E-state index < -0.39 is 0 Å². The van der Waals surface area contributed by atoms with Gasteiger partial charge in [0.15, 0.2) is 0 Å². The smallest absolute Gasteiger partial charge is 0.227 e. The van der Waals surface area contributed by atoms with Crippen molar-refractivity contribution < 1.29 is 9.18 Å². The van der Waals surface area contributed by atoms with Crippen LogP contribution in [0.15, 0.2) is 42.7 Å². The summed E-state index contributed by atoms with van der Waals surface area (Å²) < 4.78 is 14.8. The average molecular weight is 316 g/mol. The number of amides is 1. The van der Waals surface area contributed by atoms with Crippen molar-refractivity contribution in [3.63, 3.8) is 0 Å². The van der Waals surface area contributed by atoms with Gasteiger partial charge in [0.25, 0.3) is 0 Å². The van der Waals surface area contributed by atoms with Gasteiger partial charge in [0, 0.05) is 45.1 Å². The van der Waals surface area contributed by atoms with Gasteiger partial charge in [-0.05, 0) is 23.8 Å².